The number of esters is 1. The fourth-order valence-corrected chi connectivity index (χ4v) is 11.3. The molecule has 9 heteroatoms. The molecule has 13 atom stereocenters. The average molecular weight is 494 g/mol. The van der Waals surface area contributed by atoms with Gasteiger partial charge in [0.15, 0.2) is 5.60 Å². The number of aliphatic hydroxyl groups is 1. The molecule has 5 saturated carbocycles. The Labute approximate surface area is 206 Å². The lowest BCUT2D eigenvalue weighted by molar-refractivity contribution is -0.324. The predicted octanol–water partition coefficient (Wildman–Crippen LogP) is 0.960. The van der Waals surface area contributed by atoms with Gasteiger partial charge in [-0.2, -0.15) is 0 Å². The van der Waals surface area contributed by atoms with Crippen molar-refractivity contribution >= 4 is 5.97 Å². The standard InChI is InChI=1S/C26H39NO8/c1-6-27-11-14-7-8-17(31-4)25-18(14)21(35-13(2)28)26(22(25)27)24(33-12-34-26)10-16(30-3)15-9-23(25,29)20(24)19(15)32-5/h14-22,29H,6-12H2,1-5H3/t14-,15+,16-,17-,18-,19-,20-,21-,22+,23-,24+,25+,26-/m0/s1. The number of piperidine rings is 1. The van der Waals surface area contributed by atoms with E-state index in [2.05, 4.69) is 11.8 Å². The van der Waals surface area contributed by atoms with Gasteiger partial charge in [-0.3, -0.25) is 9.69 Å². The summed E-state index contributed by atoms with van der Waals surface area (Å²) < 4.78 is 38.5. The first kappa shape index (κ1) is 23.3. The summed E-state index contributed by atoms with van der Waals surface area (Å²) >= 11 is 0. The van der Waals surface area contributed by atoms with Crippen molar-refractivity contribution in [3.8, 4) is 0 Å². The van der Waals surface area contributed by atoms with E-state index in [4.69, 9.17) is 28.4 Å². The maximum absolute atomic E-state index is 13.3. The molecule has 0 radical (unpaired) electrons. The lowest BCUT2D eigenvalue weighted by Crippen LogP contribution is -2.85. The van der Waals surface area contributed by atoms with Crippen molar-refractivity contribution in [3.63, 3.8) is 0 Å². The average Bonchev–Trinajstić information content (AvgIpc) is 3.38. The molecule has 3 spiro atoms. The van der Waals surface area contributed by atoms with E-state index in [0.717, 1.165) is 25.9 Å². The molecule has 7 bridgehead atoms. The van der Waals surface area contributed by atoms with Gasteiger partial charge in [-0.05, 0) is 31.7 Å². The Morgan fingerprint density at radius 3 is 2.57 bits per heavy atom. The van der Waals surface area contributed by atoms with Crippen LogP contribution in [0.2, 0.25) is 0 Å². The molecule has 35 heavy (non-hydrogen) atoms. The second-order valence-corrected chi connectivity index (χ2v) is 12.1. The van der Waals surface area contributed by atoms with Crippen molar-refractivity contribution in [1.29, 1.82) is 0 Å². The van der Waals surface area contributed by atoms with Crippen LogP contribution in [-0.4, -0.2) is 104 Å². The lowest BCUT2D eigenvalue weighted by Gasteiger charge is -2.70. The molecule has 0 aromatic carbocycles. The summed E-state index contributed by atoms with van der Waals surface area (Å²) in [6.45, 7) is 5.46. The summed E-state index contributed by atoms with van der Waals surface area (Å²) in [5.74, 6) is -0.418. The first-order chi connectivity index (χ1) is 16.8. The van der Waals surface area contributed by atoms with Gasteiger partial charge in [-0.25, -0.2) is 0 Å². The van der Waals surface area contributed by atoms with E-state index in [9.17, 15) is 9.90 Å². The number of carbonyl (C=O) groups is 1. The largest absolute Gasteiger partial charge is 0.459 e. The summed E-state index contributed by atoms with van der Waals surface area (Å²) in [6, 6.07) is -0.202. The van der Waals surface area contributed by atoms with Gasteiger partial charge in [0.25, 0.3) is 0 Å². The Morgan fingerprint density at radius 2 is 1.91 bits per heavy atom. The van der Waals surface area contributed by atoms with Crippen molar-refractivity contribution in [3.05, 3.63) is 0 Å². The number of ether oxygens (including phenoxy) is 6. The topological polar surface area (TPSA) is 95.9 Å². The smallest absolute Gasteiger partial charge is 0.303 e. The van der Waals surface area contributed by atoms with Crippen LogP contribution in [0.25, 0.3) is 0 Å². The number of rotatable bonds is 5. The van der Waals surface area contributed by atoms with Crippen LogP contribution in [0, 0.1) is 29.1 Å². The lowest BCUT2D eigenvalue weighted by atomic mass is 9.43. The van der Waals surface area contributed by atoms with Gasteiger partial charge in [-0.15, -0.1) is 0 Å². The van der Waals surface area contributed by atoms with Crippen molar-refractivity contribution < 1.29 is 38.3 Å². The number of hydrogen-bond acceptors (Lipinski definition) is 9. The van der Waals surface area contributed by atoms with Crippen LogP contribution in [-0.2, 0) is 33.2 Å². The van der Waals surface area contributed by atoms with Crippen molar-refractivity contribution in [1.82, 2.24) is 4.90 Å². The summed E-state index contributed by atoms with van der Waals surface area (Å²) in [5, 5.41) is 13.3. The second kappa shape index (κ2) is 7.18. The highest BCUT2D eigenvalue weighted by atomic mass is 16.7. The third kappa shape index (κ3) is 2.16. The molecule has 7 aliphatic rings. The molecule has 0 aromatic heterocycles. The van der Waals surface area contributed by atoms with Crippen LogP contribution in [0.3, 0.4) is 0 Å². The number of likely N-dealkylation sites (tertiary alicyclic amines) is 1. The molecule has 5 aliphatic carbocycles. The summed E-state index contributed by atoms with van der Waals surface area (Å²) in [5.41, 5.74) is -3.64. The minimum Gasteiger partial charge on any atom is -0.459 e. The molecule has 1 N–H and O–H groups in total. The molecule has 196 valence electrons. The molecule has 2 aliphatic heterocycles. The quantitative estimate of drug-likeness (QED) is 0.562. The molecule has 0 amide bonds. The predicted molar refractivity (Wildman–Crippen MR) is 121 cm³/mol. The monoisotopic (exact) mass is 493 g/mol. The van der Waals surface area contributed by atoms with Gasteiger partial charge in [0.05, 0.1) is 35.4 Å². The third-order valence-electron chi connectivity index (χ3n) is 11.7. The van der Waals surface area contributed by atoms with Crippen molar-refractivity contribution in [2.24, 2.45) is 29.1 Å². The zero-order chi connectivity index (χ0) is 24.5. The van der Waals surface area contributed by atoms with Crippen LogP contribution >= 0.6 is 0 Å². The van der Waals surface area contributed by atoms with Gasteiger partial charge in [-0.1, -0.05) is 6.92 Å². The van der Waals surface area contributed by atoms with Gasteiger partial charge in [0, 0.05) is 59.0 Å². The molecular formula is C26H39NO8. The number of fused-ring (bicyclic) bond motifs is 1. The molecule has 7 rings (SSSR count). The highest BCUT2D eigenvalue weighted by Gasteiger charge is 2.96. The number of methoxy groups -OCH3 is 3. The molecule has 2 heterocycles. The maximum atomic E-state index is 13.3. The van der Waals surface area contributed by atoms with Crippen LogP contribution in [0.4, 0.5) is 0 Å². The van der Waals surface area contributed by atoms with Gasteiger partial charge in [0.2, 0.25) is 0 Å². The Morgan fingerprint density at radius 1 is 1.11 bits per heavy atom. The normalized spacial score (nSPS) is 59.4. The van der Waals surface area contributed by atoms with Gasteiger partial charge >= 0.3 is 5.97 Å². The summed E-state index contributed by atoms with van der Waals surface area (Å²) in [4.78, 5) is 15.2. The summed E-state index contributed by atoms with van der Waals surface area (Å²) in [7, 11) is 5.22. The van der Waals surface area contributed by atoms with Crippen LogP contribution in [0.15, 0.2) is 0 Å². The van der Waals surface area contributed by atoms with E-state index >= 15 is 0 Å². The summed E-state index contributed by atoms with van der Waals surface area (Å²) in [6.07, 6.45) is 1.84. The zero-order valence-electron chi connectivity index (χ0n) is 21.4. The first-order valence-corrected chi connectivity index (χ1v) is 13.3. The number of carbonyl (C=O) groups excluding carboxylic acids is 1. The van der Waals surface area contributed by atoms with Crippen LogP contribution < -0.4 is 0 Å². The van der Waals surface area contributed by atoms with E-state index in [1.54, 1.807) is 21.3 Å². The van der Waals surface area contributed by atoms with E-state index in [0.29, 0.717) is 12.8 Å². The Bertz CT molecular complexity index is 933. The Kier molecular flexibility index (Phi) is 4.79. The molecule has 0 aromatic rings. The Balaban J connectivity index is 1.59. The molecule has 7 fully saturated rings. The van der Waals surface area contributed by atoms with Crippen LogP contribution in [0.1, 0.15) is 39.5 Å². The third-order valence-corrected chi connectivity index (χ3v) is 11.7. The fraction of sp³-hybridized carbons (Fsp3) is 0.962. The van der Waals surface area contributed by atoms with E-state index in [-0.39, 0.29) is 60.8 Å². The molecule has 9 nitrogen and oxygen atoms in total. The van der Waals surface area contributed by atoms with Crippen LogP contribution in [0.5, 0.6) is 0 Å². The number of nitrogens with zero attached hydrogens (tertiary/aromatic N) is 1. The number of likely N-dealkylation sites (N-methyl/N-ethyl adjacent to an activating group) is 1. The number of hydrogen-bond donors (Lipinski definition) is 1. The fourth-order valence-electron chi connectivity index (χ4n) is 11.3. The molecule has 2 saturated heterocycles. The first-order valence-electron chi connectivity index (χ1n) is 13.3. The minimum atomic E-state index is -1.14. The van der Waals surface area contributed by atoms with Crippen molar-refractivity contribution in [2.45, 2.75) is 86.8 Å². The SMILES string of the molecule is CCN1C[C@@H]2CC[C@H](OC)[C@]34[C@@H]2[C@H](OC(C)=O)[C@]2(OCO[C@@]25C[C@H](OC)[C@H]2C[C@]3(O)[C@@H]5[C@H]2OC)[C@H]14. The minimum absolute atomic E-state index is 0.0430. The van der Waals surface area contributed by atoms with Gasteiger partial charge < -0.3 is 33.5 Å². The van der Waals surface area contributed by atoms with Gasteiger partial charge in [0.1, 0.15) is 18.5 Å². The van der Waals surface area contributed by atoms with E-state index in [1.165, 1.54) is 6.92 Å². The van der Waals surface area contributed by atoms with E-state index < -0.39 is 28.3 Å². The zero-order valence-corrected chi connectivity index (χ0v) is 21.4. The maximum Gasteiger partial charge on any atom is 0.303 e. The Hall–Kier alpha value is -0.810. The second-order valence-electron chi connectivity index (χ2n) is 12.1. The van der Waals surface area contributed by atoms with E-state index in [1.807, 2.05) is 0 Å². The van der Waals surface area contributed by atoms with Crippen molar-refractivity contribution in [2.75, 3.05) is 41.2 Å². The highest BCUT2D eigenvalue weighted by molar-refractivity contribution is 5.67. The molecule has 0 unspecified atom stereocenters. The molecular weight excluding hydrogens is 454 g/mol. The highest BCUT2D eigenvalue weighted by Crippen LogP contribution is 2.82.